The average molecular weight is 432 g/mol. The first kappa shape index (κ1) is 22.2. The van der Waals surface area contributed by atoms with E-state index in [1.54, 1.807) is 0 Å². The van der Waals surface area contributed by atoms with Gasteiger partial charge in [-0.1, -0.05) is 48.5 Å². The van der Waals surface area contributed by atoms with Crippen LogP contribution < -0.4 is 10.6 Å². The molecule has 1 unspecified atom stereocenters. The van der Waals surface area contributed by atoms with Crippen molar-refractivity contribution in [1.82, 2.24) is 10.6 Å². The molecule has 3 rings (SSSR count). The fourth-order valence-corrected chi connectivity index (χ4v) is 3.58. The van der Waals surface area contributed by atoms with Gasteiger partial charge in [0.05, 0.1) is 6.42 Å². The van der Waals surface area contributed by atoms with Gasteiger partial charge in [0.2, 0.25) is 5.91 Å². The summed E-state index contributed by atoms with van der Waals surface area (Å²) in [5.74, 6) is -2.57. The molecule has 31 heavy (non-hydrogen) atoms. The van der Waals surface area contributed by atoms with Gasteiger partial charge in [-0.3, -0.25) is 9.59 Å². The van der Waals surface area contributed by atoms with E-state index in [0.29, 0.717) is 0 Å². The second-order valence-electron chi connectivity index (χ2n) is 7.24. The number of carboxylic acids is 1. The van der Waals surface area contributed by atoms with E-state index in [-0.39, 0.29) is 12.5 Å². The van der Waals surface area contributed by atoms with Crippen molar-refractivity contribution in [1.29, 1.82) is 0 Å². The predicted octanol–water partition coefficient (Wildman–Crippen LogP) is 3.14. The van der Waals surface area contributed by atoms with Gasteiger partial charge in [-0.15, -0.1) is 0 Å². The minimum atomic E-state index is -3.05. The van der Waals surface area contributed by atoms with Crippen molar-refractivity contribution >= 4 is 18.0 Å². The third-order valence-corrected chi connectivity index (χ3v) is 5.10. The van der Waals surface area contributed by atoms with Crippen LogP contribution in [0.25, 0.3) is 11.1 Å². The number of nitrogens with one attached hydrogen (secondary N) is 2. The van der Waals surface area contributed by atoms with Gasteiger partial charge in [0, 0.05) is 5.92 Å². The van der Waals surface area contributed by atoms with Gasteiger partial charge in [-0.2, -0.15) is 0 Å². The molecule has 1 aliphatic rings. The molecule has 3 N–H and O–H groups in total. The molecule has 9 heteroatoms. The lowest BCUT2D eigenvalue weighted by Crippen LogP contribution is -2.50. The SMILES string of the molecule is C[C@H](NC(=O)OCC1c2ccccc2-c2ccccc21)C(=O)NC(CC(=O)O)C(F)F. The van der Waals surface area contributed by atoms with Crippen LogP contribution in [0.3, 0.4) is 0 Å². The Morgan fingerprint density at radius 3 is 2.06 bits per heavy atom. The van der Waals surface area contributed by atoms with Crippen molar-refractivity contribution in [2.24, 2.45) is 0 Å². The summed E-state index contributed by atoms with van der Waals surface area (Å²) in [6.45, 7) is 1.33. The first-order chi connectivity index (χ1) is 14.8. The number of fused-ring (bicyclic) bond motifs is 3. The molecule has 0 radical (unpaired) electrons. The summed E-state index contributed by atoms with van der Waals surface area (Å²) in [5, 5.41) is 12.9. The van der Waals surface area contributed by atoms with E-state index in [0.717, 1.165) is 22.3 Å². The van der Waals surface area contributed by atoms with Gasteiger partial charge in [-0.25, -0.2) is 13.6 Å². The average Bonchev–Trinajstić information content (AvgIpc) is 3.05. The molecule has 0 aromatic heterocycles. The zero-order valence-electron chi connectivity index (χ0n) is 16.7. The van der Waals surface area contributed by atoms with E-state index >= 15 is 0 Å². The number of halogens is 2. The van der Waals surface area contributed by atoms with E-state index in [1.807, 2.05) is 53.8 Å². The zero-order chi connectivity index (χ0) is 22.5. The topological polar surface area (TPSA) is 105 Å². The van der Waals surface area contributed by atoms with Crippen LogP contribution >= 0.6 is 0 Å². The number of alkyl halides is 2. The number of hydrogen-bond acceptors (Lipinski definition) is 4. The van der Waals surface area contributed by atoms with Gasteiger partial charge in [0.15, 0.2) is 0 Å². The molecule has 1 aliphatic carbocycles. The van der Waals surface area contributed by atoms with Crippen LogP contribution in [0.5, 0.6) is 0 Å². The molecule has 2 atom stereocenters. The maximum absolute atomic E-state index is 12.9. The number of alkyl carbamates (subject to hydrolysis) is 1. The molecule has 2 aromatic carbocycles. The van der Waals surface area contributed by atoms with Crippen molar-refractivity contribution in [3.63, 3.8) is 0 Å². The number of rotatable bonds is 8. The molecular formula is C22H22F2N2O5. The number of hydrogen-bond donors (Lipinski definition) is 3. The van der Waals surface area contributed by atoms with E-state index in [2.05, 4.69) is 5.32 Å². The summed E-state index contributed by atoms with van der Waals surface area (Å²) >= 11 is 0. The highest BCUT2D eigenvalue weighted by atomic mass is 19.3. The normalized spacial score (nSPS) is 14.3. The Balaban J connectivity index is 1.58. The second-order valence-corrected chi connectivity index (χ2v) is 7.24. The third-order valence-electron chi connectivity index (χ3n) is 5.10. The molecule has 2 aromatic rings. The van der Waals surface area contributed by atoms with Crippen molar-refractivity contribution in [2.45, 2.75) is 37.8 Å². The first-order valence-corrected chi connectivity index (χ1v) is 9.69. The van der Waals surface area contributed by atoms with Gasteiger partial charge in [0.25, 0.3) is 6.43 Å². The van der Waals surface area contributed by atoms with Gasteiger partial charge >= 0.3 is 12.1 Å². The maximum Gasteiger partial charge on any atom is 0.407 e. The van der Waals surface area contributed by atoms with Crippen LogP contribution in [-0.2, 0) is 14.3 Å². The highest BCUT2D eigenvalue weighted by molar-refractivity contribution is 5.86. The van der Waals surface area contributed by atoms with Gasteiger partial charge in [-0.05, 0) is 29.2 Å². The number of carbonyl (C=O) groups is 3. The summed E-state index contributed by atoms with van der Waals surface area (Å²) in [5.41, 5.74) is 4.18. The van der Waals surface area contributed by atoms with Crippen LogP contribution in [0.15, 0.2) is 48.5 Å². The maximum atomic E-state index is 12.9. The van der Waals surface area contributed by atoms with E-state index in [1.165, 1.54) is 6.92 Å². The standard InChI is InChI=1S/C22H22F2N2O5/c1-12(21(29)26-18(20(23)24)10-19(27)28)25-22(30)31-11-17-15-8-4-2-6-13(15)14-7-3-5-9-16(14)17/h2-9,12,17-18,20H,10-11H2,1H3,(H,25,30)(H,26,29)(H,27,28)/t12-,18?/m0/s1. The van der Waals surface area contributed by atoms with Crippen molar-refractivity contribution in [3.05, 3.63) is 59.7 Å². The van der Waals surface area contributed by atoms with Crippen LogP contribution in [0.1, 0.15) is 30.4 Å². The second kappa shape index (κ2) is 9.55. The molecule has 164 valence electrons. The Morgan fingerprint density at radius 2 is 1.55 bits per heavy atom. The molecule has 0 fully saturated rings. The smallest absolute Gasteiger partial charge is 0.407 e. The molecule has 0 heterocycles. The van der Waals surface area contributed by atoms with E-state index in [4.69, 9.17) is 9.84 Å². The fourth-order valence-electron chi connectivity index (χ4n) is 3.58. The summed E-state index contributed by atoms with van der Waals surface area (Å²) in [6, 6.07) is 12.6. The molecule has 2 amide bonds. The summed E-state index contributed by atoms with van der Waals surface area (Å²) < 4.78 is 31.1. The zero-order valence-corrected chi connectivity index (χ0v) is 16.7. The molecule has 7 nitrogen and oxygen atoms in total. The number of carbonyl (C=O) groups excluding carboxylic acids is 2. The Labute approximate surface area is 177 Å². The molecule has 0 saturated heterocycles. The third kappa shape index (κ3) is 5.17. The molecule has 0 aliphatic heterocycles. The Bertz CT molecular complexity index is 936. The largest absolute Gasteiger partial charge is 0.481 e. The number of benzene rings is 2. The fraction of sp³-hybridized carbons (Fsp3) is 0.318. The number of amides is 2. The van der Waals surface area contributed by atoms with Crippen molar-refractivity contribution < 1.29 is 33.0 Å². The Hall–Kier alpha value is -3.49. The summed E-state index contributed by atoms with van der Waals surface area (Å²) in [4.78, 5) is 34.9. The highest BCUT2D eigenvalue weighted by Gasteiger charge is 2.30. The summed E-state index contributed by atoms with van der Waals surface area (Å²) in [6.07, 6.45) is -4.86. The summed E-state index contributed by atoms with van der Waals surface area (Å²) in [7, 11) is 0. The van der Waals surface area contributed by atoms with Crippen LogP contribution in [0.2, 0.25) is 0 Å². The van der Waals surface area contributed by atoms with Crippen molar-refractivity contribution in [2.75, 3.05) is 6.61 Å². The number of aliphatic carboxylic acids is 1. The van der Waals surface area contributed by atoms with E-state index in [9.17, 15) is 23.2 Å². The Morgan fingerprint density at radius 1 is 1.00 bits per heavy atom. The quantitative estimate of drug-likeness (QED) is 0.595. The predicted molar refractivity (Wildman–Crippen MR) is 108 cm³/mol. The van der Waals surface area contributed by atoms with Crippen LogP contribution in [0.4, 0.5) is 13.6 Å². The van der Waals surface area contributed by atoms with Gasteiger partial charge < -0.3 is 20.5 Å². The minimum Gasteiger partial charge on any atom is -0.481 e. The lowest BCUT2D eigenvalue weighted by molar-refractivity contribution is -0.139. The Kier molecular flexibility index (Phi) is 6.84. The van der Waals surface area contributed by atoms with E-state index < -0.39 is 42.9 Å². The lowest BCUT2D eigenvalue weighted by Gasteiger charge is -2.20. The highest BCUT2D eigenvalue weighted by Crippen LogP contribution is 2.44. The number of ether oxygens (including phenoxy) is 1. The van der Waals surface area contributed by atoms with Gasteiger partial charge in [0.1, 0.15) is 18.7 Å². The van der Waals surface area contributed by atoms with Crippen LogP contribution in [-0.4, -0.2) is 48.2 Å². The first-order valence-electron chi connectivity index (χ1n) is 9.69. The van der Waals surface area contributed by atoms with Crippen LogP contribution in [0, 0.1) is 0 Å². The molecule has 0 saturated carbocycles. The minimum absolute atomic E-state index is 0.0346. The molecular weight excluding hydrogens is 410 g/mol. The monoisotopic (exact) mass is 432 g/mol. The van der Waals surface area contributed by atoms with Crippen molar-refractivity contribution in [3.8, 4) is 11.1 Å². The molecule has 0 bridgehead atoms. The lowest BCUT2D eigenvalue weighted by atomic mass is 9.98. The number of carboxylic acid groups (broad SMARTS) is 1. The molecule has 0 spiro atoms.